The summed E-state index contributed by atoms with van der Waals surface area (Å²) < 4.78 is 27.3. The summed E-state index contributed by atoms with van der Waals surface area (Å²) in [4.78, 5) is 11.9. The highest BCUT2D eigenvalue weighted by molar-refractivity contribution is 7.90. The van der Waals surface area contributed by atoms with Crippen molar-refractivity contribution in [1.29, 1.82) is 0 Å². The van der Waals surface area contributed by atoms with E-state index in [0.29, 0.717) is 29.3 Å². The van der Waals surface area contributed by atoms with E-state index >= 15 is 0 Å². The number of rotatable bonds is 2. The third-order valence-electron chi connectivity index (χ3n) is 4.45. The molecule has 6 heteroatoms. The number of Topliss-reactive ketones (excluding diaryl/α,β-unsaturated/α-hetero) is 1. The van der Waals surface area contributed by atoms with Crippen molar-refractivity contribution in [2.24, 2.45) is 0 Å². The highest BCUT2D eigenvalue weighted by Crippen LogP contribution is 2.35. The van der Waals surface area contributed by atoms with E-state index in [1.54, 1.807) is 37.4 Å². The quantitative estimate of drug-likeness (QED) is 0.777. The van der Waals surface area contributed by atoms with Gasteiger partial charge in [0.1, 0.15) is 10.6 Å². The lowest BCUT2D eigenvalue weighted by atomic mass is 9.92. The number of hydrogen-bond acceptors (Lipinski definition) is 4. The van der Waals surface area contributed by atoms with Gasteiger partial charge in [-0.15, -0.1) is 0 Å². The Kier molecular flexibility index (Phi) is 3.08. The van der Waals surface area contributed by atoms with Crippen LogP contribution < -0.4 is 0 Å². The highest BCUT2D eigenvalue weighted by Gasteiger charge is 2.28. The molecular formula is C18H15NO4S. The van der Waals surface area contributed by atoms with Crippen LogP contribution in [0.2, 0.25) is 0 Å². The van der Waals surface area contributed by atoms with E-state index in [0.717, 1.165) is 11.1 Å². The minimum Gasteiger partial charge on any atom is -0.507 e. The fourth-order valence-electron chi connectivity index (χ4n) is 3.29. The van der Waals surface area contributed by atoms with Gasteiger partial charge >= 0.3 is 0 Å². The Morgan fingerprint density at radius 2 is 1.92 bits per heavy atom. The molecule has 1 aliphatic carbocycles. The van der Waals surface area contributed by atoms with Crippen molar-refractivity contribution in [3.63, 3.8) is 0 Å². The van der Waals surface area contributed by atoms with E-state index in [2.05, 4.69) is 0 Å². The number of carbonyl (C=O) groups excluding carboxylic acids is 1. The first-order chi connectivity index (χ1) is 11.4. The van der Waals surface area contributed by atoms with E-state index in [4.69, 9.17) is 0 Å². The van der Waals surface area contributed by atoms with Crippen LogP contribution in [0.25, 0.3) is 10.9 Å². The molecule has 2 aromatic carbocycles. The third kappa shape index (κ3) is 1.99. The van der Waals surface area contributed by atoms with Gasteiger partial charge in [-0.25, -0.2) is 12.4 Å². The molecule has 3 aromatic rings. The van der Waals surface area contributed by atoms with Gasteiger partial charge in [0.25, 0.3) is 10.0 Å². The van der Waals surface area contributed by atoms with Crippen LogP contribution in [-0.2, 0) is 16.4 Å². The van der Waals surface area contributed by atoms with Crippen LogP contribution in [-0.4, -0.2) is 23.3 Å². The SMILES string of the molecule is Cc1ccc(S(=O)(=O)n2cc3c4c(cccc42)C(=O)CC3)c(O)c1. The summed E-state index contributed by atoms with van der Waals surface area (Å²) in [5, 5.41) is 10.8. The van der Waals surface area contributed by atoms with Crippen LogP contribution in [0.3, 0.4) is 0 Å². The molecule has 0 bridgehead atoms. The number of carbonyl (C=O) groups is 1. The minimum absolute atomic E-state index is 0.0291. The monoisotopic (exact) mass is 341 g/mol. The van der Waals surface area contributed by atoms with Crippen LogP contribution in [0, 0.1) is 6.92 Å². The van der Waals surface area contributed by atoms with E-state index < -0.39 is 10.0 Å². The molecule has 4 rings (SSSR count). The largest absolute Gasteiger partial charge is 0.507 e. The summed E-state index contributed by atoms with van der Waals surface area (Å²) >= 11 is 0. The lowest BCUT2D eigenvalue weighted by molar-refractivity contribution is 0.0982. The fraction of sp³-hybridized carbons (Fsp3) is 0.167. The molecule has 0 spiro atoms. The van der Waals surface area contributed by atoms with Crippen molar-refractivity contribution < 1.29 is 18.3 Å². The molecule has 0 fully saturated rings. The van der Waals surface area contributed by atoms with Crippen molar-refractivity contribution in [2.45, 2.75) is 24.7 Å². The second kappa shape index (κ2) is 4.95. The molecule has 24 heavy (non-hydrogen) atoms. The average molecular weight is 341 g/mol. The number of phenolic OH excluding ortho intramolecular Hbond substituents is 1. The van der Waals surface area contributed by atoms with Crippen molar-refractivity contribution in [1.82, 2.24) is 3.97 Å². The summed E-state index contributed by atoms with van der Waals surface area (Å²) in [6.45, 7) is 1.78. The average Bonchev–Trinajstić information content (AvgIpc) is 2.92. The number of aromatic hydroxyl groups is 1. The summed E-state index contributed by atoms with van der Waals surface area (Å²) in [7, 11) is -3.95. The Hall–Kier alpha value is -2.60. The number of aromatic nitrogens is 1. The van der Waals surface area contributed by atoms with Gasteiger partial charge < -0.3 is 5.11 Å². The zero-order chi connectivity index (χ0) is 17.1. The maximum atomic E-state index is 13.0. The lowest BCUT2D eigenvalue weighted by Crippen LogP contribution is -2.12. The van der Waals surface area contributed by atoms with Crippen molar-refractivity contribution in [2.75, 3.05) is 0 Å². The number of benzene rings is 2. The Balaban J connectivity index is 2.03. The maximum Gasteiger partial charge on any atom is 0.271 e. The Bertz CT molecular complexity index is 1110. The number of hydrogen-bond donors (Lipinski definition) is 1. The number of ketones is 1. The molecule has 0 unspecified atom stereocenters. The number of nitrogens with zero attached hydrogens (tertiary/aromatic N) is 1. The Morgan fingerprint density at radius 3 is 2.67 bits per heavy atom. The minimum atomic E-state index is -3.95. The molecule has 1 N–H and O–H groups in total. The van der Waals surface area contributed by atoms with Gasteiger partial charge in [0.2, 0.25) is 0 Å². The summed E-state index contributed by atoms with van der Waals surface area (Å²) in [5.74, 6) is -0.248. The predicted molar refractivity (Wildman–Crippen MR) is 90.0 cm³/mol. The van der Waals surface area contributed by atoms with Crippen LogP contribution in [0.1, 0.15) is 27.9 Å². The molecule has 122 valence electrons. The molecule has 0 amide bonds. The second-order valence-electron chi connectivity index (χ2n) is 6.05. The zero-order valence-electron chi connectivity index (χ0n) is 13.0. The van der Waals surface area contributed by atoms with E-state index in [9.17, 15) is 18.3 Å². The van der Waals surface area contributed by atoms with Gasteiger partial charge in [-0.1, -0.05) is 18.2 Å². The van der Waals surface area contributed by atoms with Crippen molar-refractivity contribution in [3.8, 4) is 5.75 Å². The molecule has 0 radical (unpaired) electrons. The zero-order valence-corrected chi connectivity index (χ0v) is 13.8. The summed E-state index contributed by atoms with van der Waals surface area (Å²) in [6.07, 6.45) is 2.47. The third-order valence-corrected chi connectivity index (χ3v) is 6.17. The Labute approximate surface area is 139 Å². The van der Waals surface area contributed by atoms with Gasteiger partial charge in [-0.05, 0) is 42.7 Å². The van der Waals surface area contributed by atoms with E-state index in [1.165, 1.54) is 16.1 Å². The maximum absolute atomic E-state index is 13.0. The smallest absolute Gasteiger partial charge is 0.271 e. The predicted octanol–water partition coefficient (Wildman–Crippen LogP) is 3.02. The first-order valence-corrected chi connectivity index (χ1v) is 9.05. The van der Waals surface area contributed by atoms with Gasteiger partial charge in [-0.2, -0.15) is 0 Å². The first kappa shape index (κ1) is 15.0. The van der Waals surface area contributed by atoms with Crippen LogP contribution in [0.5, 0.6) is 5.75 Å². The molecule has 1 aliphatic rings. The van der Waals surface area contributed by atoms with Crippen molar-refractivity contribution in [3.05, 3.63) is 59.3 Å². The Morgan fingerprint density at radius 1 is 1.12 bits per heavy atom. The molecule has 1 aromatic heterocycles. The standard InChI is InChI=1S/C18H15NO4S/c1-11-5-8-17(16(21)9-11)24(22,23)19-10-12-6-7-15(20)13-3-2-4-14(19)18(12)13/h2-5,8-10,21H,6-7H2,1H3. The van der Waals surface area contributed by atoms with Gasteiger partial charge in [-0.3, -0.25) is 4.79 Å². The van der Waals surface area contributed by atoms with Crippen molar-refractivity contribution >= 4 is 26.7 Å². The van der Waals surface area contributed by atoms with Crippen LogP contribution in [0.15, 0.2) is 47.5 Å². The van der Waals surface area contributed by atoms with Crippen LogP contribution in [0.4, 0.5) is 0 Å². The molecular weight excluding hydrogens is 326 g/mol. The molecule has 1 heterocycles. The summed E-state index contributed by atoms with van der Waals surface area (Å²) in [6, 6.07) is 9.57. The second-order valence-corrected chi connectivity index (χ2v) is 7.83. The van der Waals surface area contributed by atoms with Gasteiger partial charge in [0, 0.05) is 23.6 Å². The topological polar surface area (TPSA) is 76.4 Å². The lowest BCUT2D eigenvalue weighted by Gasteiger charge is -2.11. The van der Waals surface area contributed by atoms with Gasteiger partial charge in [0.15, 0.2) is 5.78 Å². The first-order valence-electron chi connectivity index (χ1n) is 7.61. The fourth-order valence-corrected chi connectivity index (χ4v) is 4.74. The molecule has 0 saturated carbocycles. The highest BCUT2D eigenvalue weighted by atomic mass is 32.2. The van der Waals surface area contributed by atoms with Crippen LogP contribution >= 0.6 is 0 Å². The van der Waals surface area contributed by atoms with E-state index in [-0.39, 0.29) is 16.4 Å². The number of phenols is 1. The van der Waals surface area contributed by atoms with E-state index in [1.807, 2.05) is 0 Å². The van der Waals surface area contributed by atoms with Gasteiger partial charge in [0.05, 0.1) is 5.52 Å². The molecule has 0 aliphatic heterocycles. The molecule has 0 atom stereocenters. The molecule has 5 nitrogen and oxygen atoms in total. The summed E-state index contributed by atoms with van der Waals surface area (Å²) in [5.41, 5.74) is 2.65. The molecule has 0 saturated heterocycles. The normalized spacial score (nSPS) is 14.3. The number of aryl methyl sites for hydroxylation is 2.